The summed E-state index contributed by atoms with van der Waals surface area (Å²) in [7, 11) is 4.09. The van der Waals surface area contributed by atoms with Crippen LogP contribution in [0, 0.1) is 5.92 Å². The number of hydrogen-bond acceptors (Lipinski definition) is 3. The molecule has 1 atom stereocenters. The highest BCUT2D eigenvalue weighted by Gasteiger charge is 2.09. The zero-order valence-corrected chi connectivity index (χ0v) is 18.8. The van der Waals surface area contributed by atoms with Gasteiger partial charge < -0.3 is 20.3 Å². The van der Waals surface area contributed by atoms with Gasteiger partial charge in [0, 0.05) is 24.7 Å². The van der Waals surface area contributed by atoms with Crippen molar-refractivity contribution in [3.63, 3.8) is 0 Å². The van der Waals surface area contributed by atoms with Gasteiger partial charge in [0.1, 0.15) is 12.4 Å². The third-order valence-electron chi connectivity index (χ3n) is 3.88. The zero-order chi connectivity index (χ0) is 17.9. The number of likely N-dealkylation sites (N-methyl/N-ethyl adjacent to an activating group) is 1. The van der Waals surface area contributed by atoms with Crippen LogP contribution in [0.25, 0.3) is 0 Å². The minimum absolute atomic E-state index is 0. The van der Waals surface area contributed by atoms with Crippen LogP contribution in [0.3, 0.4) is 0 Å². The van der Waals surface area contributed by atoms with Gasteiger partial charge in [0.25, 0.3) is 0 Å². The first-order valence-electron chi connectivity index (χ1n) is 8.84. The van der Waals surface area contributed by atoms with E-state index in [2.05, 4.69) is 49.3 Å². The lowest BCUT2D eigenvalue weighted by atomic mass is 10.1. The third kappa shape index (κ3) is 9.89. The van der Waals surface area contributed by atoms with E-state index in [0.717, 1.165) is 30.4 Å². The number of guanidine groups is 1. The molecule has 2 N–H and O–H groups in total. The first kappa shape index (κ1) is 24.0. The molecular formula is C19H35IN4O. The van der Waals surface area contributed by atoms with E-state index < -0.39 is 0 Å². The highest BCUT2D eigenvalue weighted by atomic mass is 127. The van der Waals surface area contributed by atoms with Crippen molar-refractivity contribution in [2.75, 3.05) is 33.8 Å². The molecule has 1 rings (SSSR count). The van der Waals surface area contributed by atoms with Gasteiger partial charge in [-0.1, -0.05) is 32.0 Å². The van der Waals surface area contributed by atoms with E-state index in [9.17, 15) is 0 Å². The predicted octanol–water partition coefficient (Wildman–Crippen LogP) is 3.34. The van der Waals surface area contributed by atoms with Gasteiger partial charge in [-0.25, -0.2) is 4.99 Å². The van der Waals surface area contributed by atoms with Crippen LogP contribution in [-0.4, -0.2) is 50.7 Å². The van der Waals surface area contributed by atoms with Crippen LogP contribution >= 0.6 is 24.0 Å². The van der Waals surface area contributed by atoms with Gasteiger partial charge in [0.05, 0.1) is 6.54 Å². The van der Waals surface area contributed by atoms with Gasteiger partial charge in [-0.05, 0) is 39.9 Å². The minimum Gasteiger partial charge on any atom is -0.492 e. The largest absolute Gasteiger partial charge is 0.492 e. The van der Waals surface area contributed by atoms with Gasteiger partial charge in [-0.15, -0.1) is 24.0 Å². The van der Waals surface area contributed by atoms with Gasteiger partial charge in [-0.2, -0.15) is 0 Å². The SMILES string of the molecule is CCNC(=NCc1ccccc1OCCN(C)C)NC(C)C(C)C.I. The Balaban J connectivity index is 0.00000576. The second-order valence-electron chi connectivity index (χ2n) is 6.63. The molecule has 1 unspecified atom stereocenters. The van der Waals surface area contributed by atoms with Crippen molar-refractivity contribution in [2.45, 2.75) is 40.3 Å². The topological polar surface area (TPSA) is 48.9 Å². The molecule has 0 heterocycles. The van der Waals surface area contributed by atoms with Crippen LogP contribution in [0.5, 0.6) is 5.75 Å². The number of nitrogens with zero attached hydrogens (tertiary/aromatic N) is 2. The molecule has 0 aliphatic rings. The summed E-state index contributed by atoms with van der Waals surface area (Å²) in [6.07, 6.45) is 0. The quantitative estimate of drug-likeness (QED) is 0.336. The molecule has 1 aromatic carbocycles. The van der Waals surface area contributed by atoms with E-state index in [1.165, 1.54) is 0 Å². The first-order chi connectivity index (χ1) is 11.4. The number of aliphatic imine (C=N–C) groups is 1. The molecule has 0 saturated carbocycles. The summed E-state index contributed by atoms with van der Waals surface area (Å²) in [5.74, 6) is 2.31. The fraction of sp³-hybridized carbons (Fsp3) is 0.632. The van der Waals surface area contributed by atoms with Crippen LogP contribution in [0.1, 0.15) is 33.3 Å². The smallest absolute Gasteiger partial charge is 0.191 e. The summed E-state index contributed by atoms with van der Waals surface area (Å²) in [6.45, 7) is 11.7. The van der Waals surface area contributed by atoms with Crippen LogP contribution in [0.15, 0.2) is 29.3 Å². The molecule has 0 spiro atoms. The number of para-hydroxylation sites is 1. The molecule has 0 aliphatic carbocycles. The van der Waals surface area contributed by atoms with Gasteiger partial charge in [0.15, 0.2) is 5.96 Å². The second kappa shape index (κ2) is 13.2. The standard InChI is InChI=1S/C19H34N4O.HI/c1-7-20-19(22-16(4)15(2)3)21-14-17-10-8-9-11-18(17)24-13-12-23(5)6;/h8-11,15-16H,7,12-14H2,1-6H3,(H2,20,21,22);1H. The Bertz CT molecular complexity index is 506. The fourth-order valence-corrected chi connectivity index (χ4v) is 1.98. The maximum atomic E-state index is 5.91. The molecule has 25 heavy (non-hydrogen) atoms. The molecule has 0 radical (unpaired) electrons. The lowest BCUT2D eigenvalue weighted by Gasteiger charge is -2.21. The average Bonchev–Trinajstić information content (AvgIpc) is 2.53. The molecule has 6 heteroatoms. The Kier molecular flexibility index (Phi) is 12.7. The predicted molar refractivity (Wildman–Crippen MR) is 118 cm³/mol. The number of halogens is 1. The molecule has 1 aromatic rings. The summed E-state index contributed by atoms with van der Waals surface area (Å²) < 4.78 is 5.91. The molecule has 0 aromatic heterocycles. The Labute approximate surface area is 170 Å². The molecule has 0 bridgehead atoms. The Morgan fingerprint density at radius 2 is 1.88 bits per heavy atom. The van der Waals surface area contributed by atoms with E-state index in [0.29, 0.717) is 25.1 Å². The Hall–Kier alpha value is -1.02. The van der Waals surface area contributed by atoms with Gasteiger partial charge in [-0.3, -0.25) is 0 Å². The number of nitrogens with one attached hydrogen (secondary N) is 2. The van der Waals surface area contributed by atoms with E-state index in [1.807, 2.05) is 32.3 Å². The van der Waals surface area contributed by atoms with Gasteiger partial charge >= 0.3 is 0 Å². The second-order valence-corrected chi connectivity index (χ2v) is 6.63. The maximum Gasteiger partial charge on any atom is 0.191 e. The van der Waals surface area contributed by atoms with Crippen molar-refractivity contribution < 1.29 is 4.74 Å². The number of ether oxygens (including phenoxy) is 1. The average molecular weight is 462 g/mol. The molecule has 0 aliphatic heterocycles. The van der Waals surface area contributed by atoms with E-state index in [1.54, 1.807) is 0 Å². The Morgan fingerprint density at radius 3 is 2.48 bits per heavy atom. The van der Waals surface area contributed by atoms with Crippen molar-refractivity contribution in [3.05, 3.63) is 29.8 Å². The summed E-state index contributed by atoms with van der Waals surface area (Å²) in [6, 6.07) is 8.49. The monoisotopic (exact) mass is 462 g/mol. The van der Waals surface area contributed by atoms with Gasteiger partial charge in [0.2, 0.25) is 0 Å². The van der Waals surface area contributed by atoms with Crippen molar-refractivity contribution in [2.24, 2.45) is 10.9 Å². The van der Waals surface area contributed by atoms with Crippen molar-refractivity contribution in [3.8, 4) is 5.75 Å². The van der Waals surface area contributed by atoms with E-state index in [-0.39, 0.29) is 24.0 Å². The van der Waals surface area contributed by atoms with E-state index >= 15 is 0 Å². The molecular weight excluding hydrogens is 427 g/mol. The van der Waals surface area contributed by atoms with Crippen LogP contribution in [0.4, 0.5) is 0 Å². The first-order valence-corrected chi connectivity index (χ1v) is 8.84. The zero-order valence-electron chi connectivity index (χ0n) is 16.5. The summed E-state index contributed by atoms with van der Waals surface area (Å²) in [5, 5.41) is 6.76. The minimum atomic E-state index is 0. The maximum absolute atomic E-state index is 5.91. The number of hydrogen-bond donors (Lipinski definition) is 2. The third-order valence-corrected chi connectivity index (χ3v) is 3.88. The van der Waals surface area contributed by atoms with E-state index in [4.69, 9.17) is 9.73 Å². The lowest BCUT2D eigenvalue weighted by molar-refractivity contribution is 0.259. The summed E-state index contributed by atoms with van der Waals surface area (Å²) >= 11 is 0. The van der Waals surface area contributed by atoms with Crippen LogP contribution < -0.4 is 15.4 Å². The summed E-state index contributed by atoms with van der Waals surface area (Å²) in [5.41, 5.74) is 1.10. The van der Waals surface area contributed by atoms with Crippen LogP contribution in [-0.2, 0) is 6.54 Å². The fourth-order valence-electron chi connectivity index (χ4n) is 1.98. The van der Waals surface area contributed by atoms with Crippen LogP contribution in [0.2, 0.25) is 0 Å². The van der Waals surface area contributed by atoms with Crippen molar-refractivity contribution >= 4 is 29.9 Å². The lowest BCUT2D eigenvalue weighted by Crippen LogP contribution is -2.44. The Morgan fingerprint density at radius 1 is 1.20 bits per heavy atom. The molecule has 144 valence electrons. The number of rotatable bonds is 9. The normalized spacial score (nSPS) is 12.7. The molecule has 0 amide bonds. The van der Waals surface area contributed by atoms with Crippen molar-refractivity contribution in [1.82, 2.24) is 15.5 Å². The highest BCUT2D eigenvalue weighted by molar-refractivity contribution is 14.0. The number of benzene rings is 1. The van der Waals surface area contributed by atoms with Crippen molar-refractivity contribution in [1.29, 1.82) is 0 Å². The molecule has 5 nitrogen and oxygen atoms in total. The summed E-state index contributed by atoms with van der Waals surface area (Å²) in [4.78, 5) is 6.83. The molecule has 0 fully saturated rings. The molecule has 0 saturated heterocycles. The highest BCUT2D eigenvalue weighted by Crippen LogP contribution is 2.18.